The monoisotopic (exact) mass is 600 g/mol. The fraction of sp³-hybridized carbons (Fsp3) is 0.147. The summed E-state index contributed by atoms with van der Waals surface area (Å²) in [6.07, 6.45) is 4.53. The van der Waals surface area contributed by atoms with Gasteiger partial charge in [-0.2, -0.15) is 4.99 Å². The number of benzene rings is 4. The van der Waals surface area contributed by atoms with E-state index in [-0.39, 0.29) is 23.9 Å². The lowest BCUT2D eigenvalue weighted by Crippen LogP contribution is -2.15. The van der Waals surface area contributed by atoms with Crippen LogP contribution >= 0.6 is 11.6 Å². The minimum absolute atomic E-state index is 0.00804. The molecule has 0 spiro atoms. The summed E-state index contributed by atoms with van der Waals surface area (Å²) in [5.41, 5.74) is 9.83. The number of hydrogen-bond acceptors (Lipinski definition) is 3. The zero-order chi connectivity index (χ0) is 30.8. The number of aryl methyl sites for hydroxylation is 1. The minimum Gasteiger partial charge on any atom is -0.488 e. The predicted molar refractivity (Wildman–Crippen MR) is 165 cm³/mol. The summed E-state index contributed by atoms with van der Waals surface area (Å²) in [7, 11) is 0. The normalized spacial score (nSPS) is 12.3. The Balaban J connectivity index is 1.54. The van der Waals surface area contributed by atoms with Crippen molar-refractivity contribution in [1.82, 2.24) is 0 Å². The van der Waals surface area contributed by atoms with Crippen LogP contribution < -0.4 is 10.5 Å². The first kappa shape index (κ1) is 31.0. The number of allylic oxidation sites excluding steroid dienone is 1. The van der Waals surface area contributed by atoms with Crippen molar-refractivity contribution < 1.29 is 28.9 Å². The molecule has 0 aromatic heterocycles. The Morgan fingerprint density at radius 1 is 0.930 bits per heavy atom. The van der Waals surface area contributed by atoms with E-state index in [1.165, 1.54) is 12.1 Å². The zero-order valence-corrected chi connectivity index (χ0v) is 23.9. The van der Waals surface area contributed by atoms with E-state index in [1.807, 2.05) is 42.5 Å². The fourth-order valence-electron chi connectivity index (χ4n) is 4.51. The van der Waals surface area contributed by atoms with Gasteiger partial charge in [0.15, 0.2) is 0 Å². The molecule has 0 saturated heterocycles. The number of hydrogen-bond donors (Lipinski definition) is 3. The van der Waals surface area contributed by atoms with Crippen LogP contribution in [0.1, 0.15) is 44.6 Å². The number of amides is 1. The van der Waals surface area contributed by atoms with Crippen LogP contribution in [-0.2, 0) is 19.4 Å². The lowest BCUT2D eigenvalue weighted by atomic mass is 9.91. The van der Waals surface area contributed by atoms with Crippen LogP contribution in [0.25, 0.3) is 6.08 Å². The van der Waals surface area contributed by atoms with Gasteiger partial charge in [-0.15, -0.1) is 0 Å². The molecule has 7 nitrogen and oxygen atoms in total. The van der Waals surface area contributed by atoms with Gasteiger partial charge in [0.1, 0.15) is 24.0 Å². The number of nitrogens with zero attached hydrogens (tertiary/aromatic N) is 1. The van der Waals surface area contributed by atoms with Gasteiger partial charge >= 0.3 is 12.1 Å². The Kier molecular flexibility index (Phi) is 10.7. The van der Waals surface area contributed by atoms with E-state index < -0.39 is 17.9 Å². The van der Waals surface area contributed by atoms with E-state index >= 15 is 0 Å². The molecule has 1 amide bonds. The predicted octanol–water partition coefficient (Wildman–Crippen LogP) is 7.64. The third kappa shape index (κ3) is 9.28. The van der Waals surface area contributed by atoms with E-state index in [1.54, 1.807) is 48.5 Å². The Morgan fingerprint density at radius 2 is 1.60 bits per heavy atom. The van der Waals surface area contributed by atoms with Crippen molar-refractivity contribution in [3.63, 3.8) is 0 Å². The SMILES string of the molecule is NC(=NC(=O)O)c1ccc(CCC(/C=C\c2cc(F)ccc2OCc2ccccc2Cl)Cc2ccc(C(=O)O)cc2)cc1. The molecule has 1 unspecified atom stereocenters. The van der Waals surface area contributed by atoms with Gasteiger partial charge < -0.3 is 20.7 Å². The molecule has 43 heavy (non-hydrogen) atoms. The third-order valence-corrected chi connectivity index (χ3v) is 7.20. The summed E-state index contributed by atoms with van der Waals surface area (Å²) < 4.78 is 20.3. The molecule has 4 aromatic rings. The second kappa shape index (κ2) is 14.8. The molecule has 4 N–H and O–H groups in total. The van der Waals surface area contributed by atoms with E-state index in [4.69, 9.17) is 27.2 Å². The standard InChI is InChI=1S/C34H30ClFN2O5/c35-30-4-2-1-3-28(30)21-43-31-18-17-29(36)20-27(31)16-11-23(19-24-9-14-26(15-10-24)33(39)40)6-5-22-7-12-25(13-8-22)32(37)38-34(41)42/h1-4,7-18,20,23H,5-6,19,21H2,(H2,37,38)(H,39,40)(H,41,42)/b16-11-. The highest BCUT2D eigenvalue weighted by molar-refractivity contribution is 6.31. The van der Waals surface area contributed by atoms with Crippen LogP contribution in [0.2, 0.25) is 5.02 Å². The summed E-state index contributed by atoms with van der Waals surface area (Å²) in [4.78, 5) is 25.4. The Bertz CT molecular complexity index is 1640. The Labute approximate surface area is 253 Å². The van der Waals surface area contributed by atoms with Gasteiger partial charge in [-0.05, 0) is 72.7 Å². The van der Waals surface area contributed by atoms with Crippen molar-refractivity contribution in [2.75, 3.05) is 0 Å². The zero-order valence-electron chi connectivity index (χ0n) is 23.1. The molecule has 1 atom stereocenters. The molecule has 4 aromatic carbocycles. The highest BCUT2D eigenvalue weighted by Crippen LogP contribution is 2.26. The topological polar surface area (TPSA) is 122 Å². The lowest BCUT2D eigenvalue weighted by molar-refractivity contribution is 0.0696. The number of ether oxygens (including phenoxy) is 1. The van der Waals surface area contributed by atoms with Gasteiger partial charge in [-0.1, -0.05) is 78.4 Å². The van der Waals surface area contributed by atoms with E-state index in [9.17, 15) is 19.1 Å². The molecule has 0 radical (unpaired) electrons. The van der Waals surface area contributed by atoms with Gasteiger partial charge in [-0.3, -0.25) is 0 Å². The first-order valence-corrected chi connectivity index (χ1v) is 13.9. The van der Waals surface area contributed by atoms with Crippen molar-refractivity contribution in [2.24, 2.45) is 16.6 Å². The second-order valence-corrected chi connectivity index (χ2v) is 10.3. The number of amidine groups is 1. The van der Waals surface area contributed by atoms with E-state index in [2.05, 4.69) is 4.99 Å². The molecule has 9 heteroatoms. The summed E-state index contributed by atoms with van der Waals surface area (Å²) >= 11 is 6.27. The van der Waals surface area contributed by atoms with Gasteiger partial charge in [0.2, 0.25) is 0 Å². The largest absolute Gasteiger partial charge is 0.488 e. The maximum absolute atomic E-state index is 14.3. The average Bonchev–Trinajstić information content (AvgIpc) is 2.99. The summed E-state index contributed by atoms with van der Waals surface area (Å²) in [6, 6.07) is 25.6. The van der Waals surface area contributed by atoms with E-state index in [0.717, 1.165) is 23.1 Å². The Morgan fingerprint density at radius 3 is 2.28 bits per heavy atom. The smallest absolute Gasteiger partial charge is 0.433 e. The average molecular weight is 601 g/mol. The number of carboxylic acids is 1. The fourth-order valence-corrected chi connectivity index (χ4v) is 4.70. The summed E-state index contributed by atoms with van der Waals surface area (Å²) in [5, 5.41) is 18.7. The lowest BCUT2D eigenvalue weighted by Gasteiger charge is -2.15. The van der Waals surface area contributed by atoms with Gasteiger partial charge in [0.05, 0.1) is 5.56 Å². The van der Waals surface area contributed by atoms with Crippen LogP contribution in [-0.4, -0.2) is 28.1 Å². The van der Waals surface area contributed by atoms with Crippen molar-refractivity contribution in [3.8, 4) is 5.75 Å². The van der Waals surface area contributed by atoms with Gasteiger partial charge in [0, 0.05) is 21.7 Å². The molecule has 0 heterocycles. The number of aromatic carboxylic acids is 1. The maximum atomic E-state index is 14.3. The molecule has 220 valence electrons. The van der Waals surface area contributed by atoms with Crippen LogP contribution in [0.5, 0.6) is 5.75 Å². The van der Waals surface area contributed by atoms with Crippen LogP contribution in [0, 0.1) is 11.7 Å². The summed E-state index contributed by atoms with van der Waals surface area (Å²) in [5.74, 6) is -0.938. The van der Waals surface area contributed by atoms with Crippen molar-refractivity contribution in [3.05, 3.63) is 141 Å². The number of halogens is 2. The molecular weight excluding hydrogens is 571 g/mol. The number of aliphatic imine (C=N–C) groups is 1. The van der Waals surface area contributed by atoms with E-state index in [0.29, 0.717) is 34.7 Å². The molecule has 0 aliphatic carbocycles. The third-order valence-electron chi connectivity index (χ3n) is 6.83. The summed E-state index contributed by atoms with van der Waals surface area (Å²) in [6.45, 7) is 0.225. The van der Waals surface area contributed by atoms with Crippen LogP contribution in [0.4, 0.5) is 9.18 Å². The minimum atomic E-state index is -1.36. The van der Waals surface area contributed by atoms with Crippen molar-refractivity contribution in [2.45, 2.75) is 25.9 Å². The quantitative estimate of drug-likeness (QED) is 0.113. The van der Waals surface area contributed by atoms with Gasteiger partial charge in [-0.25, -0.2) is 14.0 Å². The first-order valence-electron chi connectivity index (χ1n) is 13.5. The van der Waals surface area contributed by atoms with Crippen LogP contribution in [0.15, 0.2) is 102 Å². The van der Waals surface area contributed by atoms with Crippen molar-refractivity contribution >= 4 is 35.6 Å². The number of carboxylic acid groups (broad SMARTS) is 2. The number of carbonyl (C=O) groups is 2. The molecule has 0 aliphatic heterocycles. The van der Waals surface area contributed by atoms with Crippen molar-refractivity contribution in [1.29, 1.82) is 0 Å². The first-order chi connectivity index (χ1) is 20.7. The molecule has 0 saturated carbocycles. The highest BCUT2D eigenvalue weighted by atomic mass is 35.5. The molecule has 4 rings (SSSR count). The maximum Gasteiger partial charge on any atom is 0.433 e. The molecule has 0 fully saturated rings. The molecule has 0 aliphatic rings. The number of rotatable bonds is 12. The second-order valence-electron chi connectivity index (χ2n) is 9.90. The van der Waals surface area contributed by atoms with Crippen LogP contribution in [0.3, 0.4) is 0 Å². The highest BCUT2D eigenvalue weighted by Gasteiger charge is 2.12. The molecular formula is C34H30ClFN2O5. The number of nitrogens with two attached hydrogens (primary N) is 1. The Hall–Kier alpha value is -4.95. The molecule has 0 bridgehead atoms. The van der Waals surface area contributed by atoms with Gasteiger partial charge in [0.25, 0.3) is 0 Å².